The van der Waals surface area contributed by atoms with E-state index in [9.17, 15) is 13.4 Å². The van der Waals surface area contributed by atoms with E-state index in [1.54, 1.807) is 19.1 Å². The molecule has 128 valence electrons. The molecule has 2 atom stereocenters. The zero-order valence-electron chi connectivity index (χ0n) is 13.9. The lowest BCUT2D eigenvalue weighted by molar-refractivity contribution is -0.120. The lowest BCUT2D eigenvalue weighted by Crippen LogP contribution is -2.36. The molecule has 0 heterocycles. The maximum absolute atomic E-state index is 12.8. The Kier molecular flexibility index (Phi) is 6.67. The van der Waals surface area contributed by atoms with Crippen LogP contribution < -0.4 is 5.32 Å². The zero-order chi connectivity index (χ0) is 17.5. The van der Waals surface area contributed by atoms with Crippen molar-refractivity contribution in [1.82, 2.24) is 5.32 Å². The molecule has 0 saturated carbocycles. The van der Waals surface area contributed by atoms with Gasteiger partial charge in [-0.25, -0.2) is 4.39 Å². The number of hydrogen-bond donors (Lipinski definition) is 1. The first kappa shape index (κ1) is 18.3. The molecule has 24 heavy (non-hydrogen) atoms. The van der Waals surface area contributed by atoms with E-state index in [1.165, 1.54) is 12.1 Å². The van der Waals surface area contributed by atoms with Gasteiger partial charge in [-0.05, 0) is 43.5 Å². The van der Waals surface area contributed by atoms with Crippen molar-refractivity contribution in [3.05, 3.63) is 71.0 Å². The Hall–Kier alpha value is -2.01. The Morgan fingerprint density at radius 1 is 1.08 bits per heavy atom. The summed E-state index contributed by atoms with van der Waals surface area (Å²) in [6.45, 7) is 4.12. The van der Waals surface area contributed by atoms with Crippen LogP contribution >= 0.6 is 0 Å². The molecule has 3 nitrogen and oxygen atoms in total. The van der Waals surface area contributed by atoms with Crippen LogP contribution in [0.4, 0.5) is 4.39 Å². The van der Waals surface area contributed by atoms with Crippen molar-refractivity contribution in [3.63, 3.8) is 0 Å². The third kappa shape index (κ3) is 5.57. The van der Waals surface area contributed by atoms with Gasteiger partial charge in [0.25, 0.3) is 0 Å². The van der Waals surface area contributed by atoms with E-state index < -0.39 is 16.0 Å². The van der Waals surface area contributed by atoms with Gasteiger partial charge >= 0.3 is 0 Å². The highest BCUT2D eigenvalue weighted by Crippen LogP contribution is 2.09. The Bertz CT molecular complexity index is 698. The normalized spacial score (nSPS) is 13.3. The van der Waals surface area contributed by atoms with E-state index in [-0.39, 0.29) is 11.7 Å². The molecule has 0 spiro atoms. The topological polar surface area (TPSA) is 46.2 Å². The van der Waals surface area contributed by atoms with Gasteiger partial charge in [-0.15, -0.1) is 0 Å². The van der Waals surface area contributed by atoms with Gasteiger partial charge in [0.15, 0.2) is 0 Å². The molecule has 0 fully saturated rings. The van der Waals surface area contributed by atoms with E-state index in [4.69, 9.17) is 0 Å². The first-order chi connectivity index (χ1) is 11.5. The number of nitrogens with one attached hydrogen (secondary N) is 1. The summed E-state index contributed by atoms with van der Waals surface area (Å²) < 4.78 is 25.1. The molecule has 0 saturated heterocycles. The summed E-state index contributed by atoms with van der Waals surface area (Å²) in [7, 11) is -1.27. The highest BCUT2D eigenvalue weighted by atomic mass is 32.2. The van der Waals surface area contributed by atoms with Crippen molar-refractivity contribution in [3.8, 4) is 0 Å². The van der Waals surface area contributed by atoms with E-state index >= 15 is 0 Å². The van der Waals surface area contributed by atoms with Crippen LogP contribution in [0.15, 0.2) is 48.5 Å². The van der Waals surface area contributed by atoms with Gasteiger partial charge in [-0.2, -0.15) is 0 Å². The van der Waals surface area contributed by atoms with Crippen molar-refractivity contribution in [2.24, 2.45) is 0 Å². The average molecular weight is 347 g/mol. The molecule has 0 aliphatic carbocycles. The summed E-state index contributed by atoms with van der Waals surface area (Å²) in [6.07, 6.45) is 0.614. The van der Waals surface area contributed by atoms with Crippen LogP contribution in [-0.2, 0) is 27.8 Å². The van der Waals surface area contributed by atoms with Crippen molar-refractivity contribution in [1.29, 1.82) is 0 Å². The number of carbonyl (C=O) groups excluding carboxylic acids is 1. The maximum Gasteiger partial charge on any atom is 0.235 e. The fourth-order valence-electron chi connectivity index (χ4n) is 2.22. The number of carbonyl (C=O) groups is 1. The molecular weight excluding hydrogens is 325 g/mol. The van der Waals surface area contributed by atoms with Gasteiger partial charge in [-0.3, -0.25) is 9.00 Å². The maximum atomic E-state index is 12.8. The Morgan fingerprint density at radius 3 is 2.29 bits per heavy atom. The lowest BCUT2D eigenvalue weighted by Gasteiger charge is -2.12. The summed E-state index contributed by atoms with van der Waals surface area (Å²) in [4.78, 5) is 12.1. The molecule has 0 aromatic heterocycles. The second-order valence-electron chi connectivity index (χ2n) is 5.82. The monoisotopic (exact) mass is 347 g/mol. The summed E-state index contributed by atoms with van der Waals surface area (Å²) in [6, 6.07) is 14.0. The smallest absolute Gasteiger partial charge is 0.235 e. The zero-order valence-corrected chi connectivity index (χ0v) is 14.7. The van der Waals surface area contributed by atoms with Crippen LogP contribution in [0.3, 0.4) is 0 Å². The molecule has 2 rings (SSSR count). The van der Waals surface area contributed by atoms with Gasteiger partial charge < -0.3 is 5.32 Å². The molecule has 2 aromatic rings. The van der Waals surface area contributed by atoms with Gasteiger partial charge in [0.1, 0.15) is 11.1 Å². The second-order valence-corrected chi connectivity index (χ2v) is 7.58. The number of benzene rings is 2. The quantitative estimate of drug-likeness (QED) is 0.836. The predicted octanol–water partition coefficient (Wildman–Crippen LogP) is 3.13. The molecule has 0 bridgehead atoms. The van der Waals surface area contributed by atoms with Crippen LogP contribution in [0.1, 0.15) is 23.6 Å². The highest BCUT2D eigenvalue weighted by Gasteiger charge is 2.19. The Morgan fingerprint density at radius 2 is 1.67 bits per heavy atom. The first-order valence-corrected chi connectivity index (χ1v) is 9.29. The van der Waals surface area contributed by atoms with Crippen LogP contribution in [-0.4, -0.2) is 21.9 Å². The van der Waals surface area contributed by atoms with Gasteiger partial charge in [-0.1, -0.05) is 42.0 Å². The lowest BCUT2D eigenvalue weighted by atomic mass is 10.1. The van der Waals surface area contributed by atoms with Crippen molar-refractivity contribution >= 4 is 16.7 Å². The van der Waals surface area contributed by atoms with Gasteiger partial charge in [0, 0.05) is 23.1 Å². The molecule has 1 amide bonds. The number of hydrogen-bond acceptors (Lipinski definition) is 2. The van der Waals surface area contributed by atoms with Crippen molar-refractivity contribution in [2.45, 2.75) is 31.3 Å². The third-order valence-electron chi connectivity index (χ3n) is 3.82. The molecule has 5 heteroatoms. The van der Waals surface area contributed by atoms with E-state index in [0.717, 1.165) is 16.7 Å². The Balaban J connectivity index is 1.79. The molecule has 1 N–H and O–H groups in total. The van der Waals surface area contributed by atoms with E-state index in [2.05, 4.69) is 5.32 Å². The van der Waals surface area contributed by atoms with E-state index in [1.807, 2.05) is 31.2 Å². The molecule has 0 unspecified atom stereocenters. The first-order valence-electron chi connectivity index (χ1n) is 7.90. The fraction of sp³-hybridized carbons (Fsp3) is 0.316. The number of aryl methyl sites for hydroxylation is 1. The summed E-state index contributed by atoms with van der Waals surface area (Å²) >= 11 is 0. The third-order valence-corrected chi connectivity index (χ3v) is 5.44. The van der Waals surface area contributed by atoms with Gasteiger partial charge in [0.2, 0.25) is 5.91 Å². The predicted molar refractivity (Wildman–Crippen MR) is 95.6 cm³/mol. The largest absolute Gasteiger partial charge is 0.355 e. The van der Waals surface area contributed by atoms with Crippen molar-refractivity contribution < 1.29 is 13.4 Å². The van der Waals surface area contributed by atoms with Crippen LogP contribution in [0, 0.1) is 12.7 Å². The minimum Gasteiger partial charge on any atom is -0.355 e. The fourth-order valence-corrected chi connectivity index (χ4v) is 3.31. The molecule has 0 radical (unpaired) electrons. The molecular formula is C19H22FNO2S. The van der Waals surface area contributed by atoms with Crippen molar-refractivity contribution in [2.75, 3.05) is 6.54 Å². The average Bonchev–Trinajstić information content (AvgIpc) is 2.58. The second kappa shape index (κ2) is 8.73. The van der Waals surface area contributed by atoms with Crippen LogP contribution in [0.5, 0.6) is 0 Å². The minimum atomic E-state index is -1.27. The summed E-state index contributed by atoms with van der Waals surface area (Å²) in [5.41, 5.74) is 3.06. The SMILES string of the molecule is Cc1ccc(C[S@@](=O)[C@H](C)C(=O)NCCc2ccc(F)cc2)cc1. The number of amides is 1. The highest BCUT2D eigenvalue weighted by molar-refractivity contribution is 7.85. The standard InChI is InChI=1S/C19H22FNO2S/c1-14-3-5-17(6-4-14)13-24(23)15(2)19(22)21-12-11-16-7-9-18(20)10-8-16/h3-10,15H,11-13H2,1-2H3,(H,21,22)/t15-,24-/m1/s1. The molecule has 0 aliphatic rings. The summed E-state index contributed by atoms with van der Waals surface area (Å²) in [5.74, 6) is -0.127. The minimum absolute atomic E-state index is 0.220. The Labute approximate surface area is 144 Å². The number of rotatable bonds is 7. The number of halogens is 1. The summed E-state index contributed by atoms with van der Waals surface area (Å²) in [5, 5.41) is 2.23. The molecule has 2 aromatic carbocycles. The van der Waals surface area contributed by atoms with Crippen LogP contribution in [0.2, 0.25) is 0 Å². The van der Waals surface area contributed by atoms with Crippen LogP contribution in [0.25, 0.3) is 0 Å². The molecule has 0 aliphatic heterocycles. The van der Waals surface area contributed by atoms with Gasteiger partial charge in [0.05, 0.1) is 0 Å². The van der Waals surface area contributed by atoms with E-state index in [0.29, 0.717) is 18.7 Å².